The maximum absolute atomic E-state index is 13.5. The van der Waals surface area contributed by atoms with Crippen molar-refractivity contribution in [3.63, 3.8) is 0 Å². The molecule has 0 amide bonds. The van der Waals surface area contributed by atoms with Crippen molar-refractivity contribution < 1.29 is 18.8 Å². The molecule has 0 spiro atoms. The van der Waals surface area contributed by atoms with Crippen LogP contribution in [0.4, 0.5) is 5.69 Å². The molecule has 176 valence electrons. The Hall–Kier alpha value is -2.96. The van der Waals surface area contributed by atoms with Crippen molar-refractivity contribution in [2.45, 2.75) is 31.9 Å². The van der Waals surface area contributed by atoms with Gasteiger partial charge in [-0.05, 0) is 36.8 Å². The average molecular weight is 476 g/mol. The van der Waals surface area contributed by atoms with Crippen molar-refractivity contribution in [3.05, 3.63) is 88.1 Å². The summed E-state index contributed by atoms with van der Waals surface area (Å²) in [6.07, 6.45) is 1.84. The zero-order valence-corrected chi connectivity index (χ0v) is 20.3. The fraction of sp³-hybridized carbons (Fsp3) is 0.357. The highest BCUT2D eigenvalue weighted by atomic mass is 32.1. The first-order chi connectivity index (χ1) is 16.5. The van der Waals surface area contributed by atoms with Crippen LogP contribution in [0.25, 0.3) is 0 Å². The molecule has 0 aliphatic carbocycles. The molecule has 3 aliphatic heterocycles. The highest BCUT2D eigenvalue weighted by Gasteiger charge is 2.49. The topological polar surface area (TPSA) is 55.4 Å². The van der Waals surface area contributed by atoms with Crippen LogP contribution in [0, 0.1) is 12.8 Å². The van der Waals surface area contributed by atoms with Crippen LogP contribution in [0.3, 0.4) is 0 Å². The van der Waals surface area contributed by atoms with E-state index in [1.165, 1.54) is 0 Å². The number of carbonyl (C=O) groups excluding carboxylic acids is 2. The van der Waals surface area contributed by atoms with E-state index in [9.17, 15) is 9.59 Å². The van der Waals surface area contributed by atoms with Crippen LogP contribution in [0.1, 0.15) is 39.0 Å². The number of fused-ring (bicyclic) bond motifs is 3. The second kappa shape index (κ2) is 9.72. The Kier molecular flexibility index (Phi) is 6.53. The lowest BCUT2D eigenvalue weighted by Crippen LogP contribution is -2.65. The molecule has 2 bridgehead atoms. The molecular weight excluding hydrogens is 444 g/mol. The highest BCUT2D eigenvalue weighted by molar-refractivity contribution is 7.14. The molecule has 3 aliphatic rings. The van der Waals surface area contributed by atoms with E-state index in [0.717, 1.165) is 58.0 Å². The van der Waals surface area contributed by atoms with Crippen molar-refractivity contribution in [2.24, 2.45) is 5.92 Å². The molecule has 0 radical (unpaired) electrons. The SMILES string of the molecule is Cc1ccc(C(=O)C[N+]23CCC(CC2)C(OC(=O)C(Nc2ccccc2)c2ccccc2)C3)s1. The minimum atomic E-state index is -0.580. The van der Waals surface area contributed by atoms with Gasteiger partial charge in [-0.15, -0.1) is 11.3 Å². The minimum Gasteiger partial charge on any atom is -0.454 e. The number of para-hydroxylation sites is 1. The number of benzene rings is 2. The molecule has 0 saturated carbocycles. The van der Waals surface area contributed by atoms with Crippen LogP contribution in [0.2, 0.25) is 0 Å². The summed E-state index contributed by atoms with van der Waals surface area (Å²) in [5.41, 5.74) is 1.76. The Morgan fingerprint density at radius 1 is 1.00 bits per heavy atom. The van der Waals surface area contributed by atoms with Gasteiger partial charge in [0.15, 0.2) is 12.1 Å². The first-order valence-electron chi connectivity index (χ1n) is 12.0. The third kappa shape index (κ3) is 4.93. The number of hydrogen-bond donors (Lipinski definition) is 1. The summed E-state index contributed by atoms with van der Waals surface area (Å²) in [6.45, 7) is 5.21. The molecule has 6 rings (SSSR count). The van der Waals surface area contributed by atoms with Crippen molar-refractivity contribution in [1.82, 2.24) is 0 Å². The van der Waals surface area contributed by atoms with Crippen molar-refractivity contribution in [3.8, 4) is 0 Å². The largest absolute Gasteiger partial charge is 0.454 e. The number of aryl methyl sites for hydroxylation is 1. The van der Waals surface area contributed by atoms with Crippen LogP contribution in [0.5, 0.6) is 0 Å². The third-order valence-corrected chi connectivity index (χ3v) is 8.30. The van der Waals surface area contributed by atoms with Crippen molar-refractivity contribution in [2.75, 3.05) is 31.5 Å². The lowest BCUT2D eigenvalue weighted by Gasteiger charge is -2.51. The summed E-state index contributed by atoms with van der Waals surface area (Å²) < 4.78 is 6.93. The smallest absolute Gasteiger partial charge is 0.333 e. The first kappa shape index (κ1) is 22.8. The van der Waals surface area contributed by atoms with E-state index in [2.05, 4.69) is 5.32 Å². The van der Waals surface area contributed by atoms with Gasteiger partial charge in [0.2, 0.25) is 5.78 Å². The number of anilines is 1. The summed E-state index contributed by atoms with van der Waals surface area (Å²) in [5, 5.41) is 3.36. The minimum absolute atomic E-state index is 0.156. The number of carbonyl (C=O) groups is 2. The molecule has 5 nitrogen and oxygen atoms in total. The predicted octanol–water partition coefficient (Wildman–Crippen LogP) is 5.24. The molecule has 3 saturated heterocycles. The van der Waals surface area contributed by atoms with Gasteiger partial charge >= 0.3 is 5.97 Å². The predicted molar refractivity (Wildman–Crippen MR) is 135 cm³/mol. The molecule has 6 heteroatoms. The Balaban J connectivity index is 1.31. The van der Waals surface area contributed by atoms with E-state index in [0.29, 0.717) is 12.5 Å². The molecule has 4 heterocycles. The van der Waals surface area contributed by atoms with Gasteiger partial charge in [-0.1, -0.05) is 48.5 Å². The number of quaternary nitrogens is 1. The van der Waals surface area contributed by atoms with E-state index >= 15 is 0 Å². The number of ketones is 1. The average Bonchev–Trinajstić information content (AvgIpc) is 3.31. The number of thiophene rings is 1. The zero-order valence-electron chi connectivity index (χ0n) is 19.5. The number of hydrogen-bond acceptors (Lipinski definition) is 5. The molecule has 1 aromatic heterocycles. The monoisotopic (exact) mass is 475 g/mol. The number of rotatable bonds is 8. The summed E-state index contributed by atoms with van der Waals surface area (Å²) in [6, 6.07) is 22.9. The molecule has 3 aromatic rings. The molecule has 1 N–H and O–H groups in total. The van der Waals surface area contributed by atoms with Gasteiger partial charge in [0.25, 0.3) is 0 Å². The van der Waals surface area contributed by atoms with Crippen molar-refractivity contribution in [1.29, 1.82) is 0 Å². The van der Waals surface area contributed by atoms with Crippen LogP contribution in [-0.2, 0) is 9.53 Å². The van der Waals surface area contributed by atoms with Gasteiger partial charge in [0, 0.05) is 29.3 Å². The Morgan fingerprint density at radius 2 is 1.68 bits per heavy atom. The lowest BCUT2D eigenvalue weighted by molar-refractivity contribution is -0.938. The fourth-order valence-corrected chi connectivity index (χ4v) is 6.18. The van der Waals surface area contributed by atoms with E-state index in [-0.39, 0.29) is 17.9 Å². The van der Waals surface area contributed by atoms with Crippen LogP contribution < -0.4 is 5.32 Å². The molecule has 3 fully saturated rings. The molecule has 2 unspecified atom stereocenters. The van der Waals surface area contributed by atoms with Crippen LogP contribution >= 0.6 is 11.3 Å². The zero-order chi connectivity index (χ0) is 23.5. The second-order valence-electron chi connectivity index (χ2n) is 9.63. The summed E-state index contributed by atoms with van der Waals surface area (Å²) in [5.74, 6) is 0.319. The maximum Gasteiger partial charge on any atom is 0.333 e. The van der Waals surface area contributed by atoms with Gasteiger partial charge in [-0.2, -0.15) is 0 Å². The maximum atomic E-state index is 13.5. The third-order valence-electron chi connectivity index (χ3n) is 7.26. The molecule has 34 heavy (non-hydrogen) atoms. The lowest BCUT2D eigenvalue weighted by atomic mass is 9.83. The van der Waals surface area contributed by atoms with E-state index < -0.39 is 6.04 Å². The van der Waals surface area contributed by atoms with Gasteiger partial charge in [0.1, 0.15) is 13.1 Å². The van der Waals surface area contributed by atoms with Gasteiger partial charge in [-0.3, -0.25) is 4.79 Å². The van der Waals surface area contributed by atoms with E-state index in [1.807, 2.05) is 79.7 Å². The van der Waals surface area contributed by atoms with Gasteiger partial charge in [-0.25, -0.2) is 4.79 Å². The number of esters is 1. The van der Waals surface area contributed by atoms with Gasteiger partial charge < -0.3 is 14.5 Å². The Labute approximate surface area is 205 Å². The Morgan fingerprint density at radius 3 is 2.32 bits per heavy atom. The Bertz CT molecular complexity index is 1140. The fourth-order valence-electron chi connectivity index (χ4n) is 5.39. The number of nitrogens with zero attached hydrogens (tertiary/aromatic N) is 1. The van der Waals surface area contributed by atoms with E-state index in [1.54, 1.807) is 11.3 Å². The quantitative estimate of drug-likeness (QED) is 0.275. The first-order valence-corrected chi connectivity index (χ1v) is 12.8. The molecule has 2 aromatic carbocycles. The normalized spacial score (nSPS) is 24.4. The standard InChI is InChI=1S/C28H31N2O3S/c1-20-12-13-26(34-20)24(31)18-30-16-14-21(15-17-30)25(19-30)33-28(32)27(22-8-4-2-5-9-22)29-23-10-6-3-7-11-23/h2-13,21,25,27,29H,14-19H2,1H3/q+1. The second-order valence-corrected chi connectivity index (χ2v) is 10.9. The number of piperidine rings is 3. The molecule has 2 atom stereocenters. The highest BCUT2D eigenvalue weighted by Crippen LogP contribution is 2.37. The number of ether oxygens (including phenoxy) is 1. The summed E-state index contributed by atoms with van der Waals surface area (Å²) >= 11 is 1.57. The van der Waals surface area contributed by atoms with Crippen LogP contribution in [0.15, 0.2) is 72.8 Å². The molecular formula is C28H31N2O3S+. The number of Topliss-reactive ketones (excluding diaryl/α,β-unsaturated/α-hetero) is 1. The van der Waals surface area contributed by atoms with Crippen molar-refractivity contribution >= 4 is 28.8 Å². The van der Waals surface area contributed by atoms with E-state index in [4.69, 9.17) is 4.74 Å². The number of nitrogens with one attached hydrogen (secondary N) is 1. The van der Waals surface area contributed by atoms with Crippen LogP contribution in [-0.4, -0.2) is 48.5 Å². The summed E-state index contributed by atoms with van der Waals surface area (Å²) in [4.78, 5) is 28.5. The summed E-state index contributed by atoms with van der Waals surface area (Å²) in [7, 11) is 0. The van der Waals surface area contributed by atoms with Gasteiger partial charge in [0.05, 0.1) is 18.0 Å².